The molecule has 0 spiro atoms. The van der Waals surface area contributed by atoms with E-state index in [0.29, 0.717) is 5.02 Å². The van der Waals surface area contributed by atoms with Crippen LogP contribution in [0.1, 0.15) is 30.6 Å². The van der Waals surface area contributed by atoms with Crippen LogP contribution in [0.4, 0.5) is 0 Å². The van der Waals surface area contributed by atoms with Gasteiger partial charge in [-0.05, 0) is 29.5 Å². The number of hydrogen-bond acceptors (Lipinski definition) is 5. The van der Waals surface area contributed by atoms with Gasteiger partial charge in [0, 0.05) is 12.7 Å². The molecule has 0 radical (unpaired) electrons. The Balaban J connectivity index is 2.06. The summed E-state index contributed by atoms with van der Waals surface area (Å²) in [4.78, 5) is 4.47. The van der Waals surface area contributed by atoms with Crippen LogP contribution in [0.15, 0.2) is 29.9 Å². The number of rotatable bonds is 5. The average molecular weight is 322 g/mol. The number of thiophene rings is 1. The molecule has 7 heteroatoms. The number of nitrogens with two attached hydrogens (primary N) is 1. The predicted octanol–water partition coefficient (Wildman–Crippen LogP) is 3.11. The summed E-state index contributed by atoms with van der Waals surface area (Å²) in [7, 11) is 0. The second-order valence-electron chi connectivity index (χ2n) is 4.77. The normalized spacial score (nSPS) is 12.9. The zero-order chi connectivity index (χ0) is 14.8. The van der Waals surface area contributed by atoms with E-state index in [1.165, 1.54) is 0 Å². The van der Waals surface area contributed by atoms with Crippen molar-refractivity contribution in [3.8, 4) is 0 Å². The minimum absolute atomic E-state index is 0.231. The molecule has 1 atom stereocenters. The maximum absolute atomic E-state index is 6.30. The molecule has 3 aromatic rings. The van der Waals surface area contributed by atoms with E-state index >= 15 is 0 Å². The topological polar surface area (TPSA) is 68.8 Å². The number of nitrogens with zero attached hydrogens (tertiary/aromatic N) is 3. The molecule has 0 aromatic carbocycles. The molecule has 0 bridgehead atoms. The van der Waals surface area contributed by atoms with E-state index in [1.807, 2.05) is 22.3 Å². The summed E-state index contributed by atoms with van der Waals surface area (Å²) >= 11 is 7.96. The summed E-state index contributed by atoms with van der Waals surface area (Å²) in [5.41, 5.74) is 5.68. The van der Waals surface area contributed by atoms with E-state index in [0.717, 1.165) is 34.4 Å². The summed E-state index contributed by atoms with van der Waals surface area (Å²) in [6, 6.07) is 3.87. The molecule has 3 heterocycles. The van der Waals surface area contributed by atoms with Crippen molar-refractivity contribution >= 4 is 33.2 Å². The number of hydrogen-bond donors (Lipinski definition) is 2. The minimum atomic E-state index is -0.231. The molecule has 3 N–H and O–H groups in total. The molecule has 21 heavy (non-hydrogen) atoms. The number of aryl methyl sites for hydroxylation is 1. The van der Waals surface area contributed by atoms with Crippen LogP contribution in [-0.4, -0.2) is 14.8 Å². The van der Waals surface area contributed by atoms with Crippen LogP contribution in [0.25, 0.3) is 10.2 Å². The van der Waals surface area contributed by atoms with E-state index in [1.54, 1.807) is 17.5 Å². The highest BCUT2D eigenvalue weighted by molar-refractivity contribution is 7.17. The Morgan fingerprint density at radius 1 is 1.48 bits per heavy atom. The van der Waals surface area contributed by atoms with Crippen LogP contribution >= 0.6 is 22.9 Å². The van der Waals surface area contributed by atoms with Gasteiger partial charge in [0.15, 0.2) is 0 Å². The van der Waals surface area contributed by atoms with Crippen LogP contribution in [0.3, 0.4) is 0 Å². The van der Waals surface area contributed by atoms with E-state index in [2.05, 4.69) is 28.5 Å². The van der Waals surface area contributed by atoms with Gasteiger partial charge in [0.05, 0.1) is 33.2 Å². The number of fused-ring (bicyclic) bond motifs is 1. The Bertz CT molecular complexity index is 751. The third kappa shape index (κ3) is 2.67. The van der Waals surface area contributed by atoms with Gasteiger partial charge in [0.1, 0.15) is 0 Å². The summed E-state index contributed by atoms with van der Waals surface area (Å²) < 4.78 is 3.02. The lowest BCUT2D eigenvalue weighted by molar-refractivity contribution is 0.521. The monoisotopic (exact) mass is 321 g/mol. The fraction of sp³-hybridized carbons (Fsp3) is 0.286. The number of halogens is 1. The first-order valence-corrected chi connectivity index (χ1v) is 8.00. The lowest BCUT2D eigenvalue weighted by atomic mass is 10.1. The smallest absolute Gasteiger partial charge is 0.0908 e. The largest absolute Gasteiger partial charge is 0.271 e. The number of aromatic nitrogens is 3. The molecule has 0 fully saturated rings. The van der Waals surface area contributed by atoms with Gasteiger partial charge in [0.25, 0.3) is 0 Å². The first-order valence-electron chi connectivity index (χ1n) is 6.75. The number of pyridine rings is 1. The second kappa shape index (κ2) is 6.11. The Labute approximate surface area is 131 Å². The molecule has 110 valence electrons. The molecule has 0 amide bonds. The quantitative estimate of drug-likeness (QED) is 0.559. The molecule has 5 nitrogen and oxygen atoms in total. The lowest BCUT2D eigenvalue weighted by Gasteiger charge is -2.18. The molecular formula is C14H16ClN5S. The Kier molecular flexibility index (Phi) is 4.21. The van der Waals surface area contributed by atoms with Gasteiger partial charge in [-0.15, -0.1) is 11.3 Å². The van der Waals surface area contributed by atoms with Crippen LogP contribution in [0.5, 0.6) is 0 Å². The number of nitrogens with one attached hydrogen (secondary N) is 1. The standard InChI is InChI=1S/C14H16ClN5S/c1-2-4-20-14(10(15)8-18-20)13(19-16)9-6-12-11(17-7-9)3-5-21-12/h3,5-8,13,19H,2,4,16H2,1H3. The van der Waals surface area contributed by atoms with Crippen molar-refractivity contribution in [3.05, 3.63) is 46.2 Å². The second-order valence-corrected chi connectivity index (χ2v) is 6.13. The zero-order valence-electron chi connectivity index (χ0n) is 11.6. The van der Waals surface area contributed by atoms with Crippen molar-refractivity contribution in [2.45, 2.75) is 25.9 Å². The van der Waals surface area contributed by atoms with E-state index in [4.69, 9.17) is 17.4 Å². The maximum Gasteiger partial charge on any atom is 0.0908 e. The molecule has 3 aromatic heterocycles. The van der Waals surface area contributed by atoms with Crippen LogP contribution in [-0.2, 0) is 6.54 Å². The zero-order valence-corrected chi connectivity index (χ0v) is 13.2. The number of hydrazine groups is 1. The molecule has 0 aliphatic rings. The van der Waals surface area contributed by atoms with Crippen molar-refractivity contribution in [2.24, 2.45) is 5.84 Å². The highest BCUT2D eigenvalue weighted by atomic mass is 35.5. The van der Waals surface area contributed by atoms with E-state index < -0.39 is 0 Å². The highest BCUT2D eigenvalue weighted by Gasteiger charge is 2.21. The Hall–Kier alpha value is -1.47. The fourth-order valence-corrected chi connectivity index (χ4v) is 3.44. The van der Waals surface area contributed by atoms with E-state index in [9.17, 15) is 0 Å². The molecule has 0 saturated carbocycles. The van der Waals surface area contributed by atoms with Crippen molar-refractivity contribution in [3.63, 3.8) is 0 Å². The van der Waals surface area contributed by atoms with Gasteiger partial charge in [0.2, 0.25) is 0 Å². The van der Waals surface area contributed by atoms with Crippen molar-refractivity contribution in [1.29, 1.82) is 0 Å². The van der Waals surface area contributed by atoms with Crippen molar-refractivity contribution in [2.75, 3.05) is 0 Å². The van der Waals surface area contributed by atoms with Crippen LogP contribution < -0.4 is 11.3 Å². The van der Waals surface area contributed by atoms with Gasteiger partial charge in [-0.1, -0.05) is 18.5 Å². The summed E-state index contributed by atoms with van der Waals surface area (Å²) in [6.45, 7) is 2.90. The Morgan fingerprint density at radius 2 is 2.33 bits per heavy atom. The third-order valence-electron chi connectivity index (χ3n) is 3.37. The molecule has 1 unspecified atom stereocenters. The minimum Gasteiger partial charge on any atom is -0.271 e. The van der Waals surface area contributed by atoms with Crippen molar-refractivity contribution in [1.82, 2.24) is 20.2 Å². The molecular weight excluding hydrogens is 306 g/mol. The first-order chi connectivity index (χ1) is 10.2. The van der Waals surface area contributed by atoms with Crippen LogP contribution in [0.2, 0.25) is 5.02 Å². The van der Waals surface area contributed by atoms with Crippen molar-refractivity contribution < 1.29 is 0 Å². The van der Waals surface area contributed by atoms with Gasteiger partial charge >= 0.3 is 0 Å². The highest BCUT2D eigenvalue weighted by Crippen LogP contribution is 2.30. The van der Waals surface area contributed by atoms with Gasteiger partial charge < -0.3 is 0 Å². The summed E-state index contributed by atoms with van der Waals surface area (Å²) in [6.07, 6.45) is 4.47. The van der Waals surface area contributed by atoms with Gasteiger partial charge in [-0.2, -0.15) is 5.10 Å². The summed E-state index contributed by atoms with van der Waals surface area (Å²) in [5, 5.41) is 6.96. The summed E-state index contributed by atoms with van der Waals surface area (Å²) in [5.74, 6) is 5.78. The predicted molar refractivity (Wildman–Crippen MR) is 86.3 cm³/mol. The Morgan fingerprint density at radius 3 is 3.10 bits per heavy atom. The maximum atomic E-state index is 6.30. The molecule has 0 aliphatic heterocycles. The molecule has 0 aliphatic carbocycles. The van der Waals surface area contributed by atoms with Gasteiger partial charge in [-0.25, -0.2) is 5.43 Å². The third-order valence-corrected chi connectivity index (χ3v) is 4.51. The van der Waals surface area contributed by atoms with Crippen LogP contribution in [0, 0.1) is 0 Å². The fourth-order valence-electron chi connectivity index (χ4n) is 2.40. The molecule has 0 saturated heterocycles. The SMILES string of the molecule is CCCn1ncc(Cl)c1C(NN)c1cnc2ccsc2c1. The molecule has 3 rings (SSSR count). The first kappa shape index (κ1) is 14.5. The average Bonchev–Trinajstić information content (AvgIpc) is 3.09. The lowest BCUT2D eigenvalue weighted by Crippen LogP contribution is -2.31. The van der Waals surface area contributed by atoms with E-state index in [-0.39, 0.29) is 6.04 Å². The van der Waals surface area contributed by atoms with Gasteiger partial charge in [-0.3, -0.25) is 15.5 Å².